The van der Waals surface area contributed by atoms with Crippen molar-refractivity contribution in [1.29, 1.82) is 0 Å². The first kappa shape index (κ1) is 11.8. The van der Waals surface area contributed by atoms with Crippen LogP contribution in [0, 0.1) is 3.57 Å². The number of nitrogens with one attached hydrogen (secondary N) is 1. The summed E-state index contributed by atoms with van der Waals surface area (Å²) in [5.74, 6) is 0. The van der Waals surface area contributed by atoms with Crippen LogP contribution in [0.25, 0.3) is 0 Å². The standard InChI is InChI=1S/C11H16INO/c1-8(11(2,3)14)13-10-6-4-5-9(12)7-10/h4-8,13-14H,1-3H3. The van der Waals surface area contributed by atoms with Crippen molar-refractivity contribution in [1.82, 2.24) is 0 Å². The van der Waals surface area contributed by atoms with Crippen LogP contribution in [0.3, 0.4) is 0 Å². The van der Waals surface area contributed by atoms with Gasteiger partial charge in [-0.05, 0) is 61.6 Å². The van der Waals surface area contributed by atoms with Crippen LogP contribution in [0.5, 0.6) is 0 Å². The first-order chi connectivity index (χ1) is 6.39. The fourth-order valence-corrected chi connectivity index (χ4v) is 1.55. The lowest BCUT2D eigenvalue weighted by Crippen LogP contribution is -2.39. The molecule has 0 aromatic heterocycles. The number of halogens is 1. The van der Waals surface area contributed by atoms with Gasteiger partial charge in [0.25, 0.3) is 0 Å². The predicted octanol–water partition coefficient (Wildman–Crippen LogP) is 2.86. The SMILES string of the molecule is CC(Nc1cccc(I)c1)C(C)(C)O. The topological polar surface area (TPSA) is 32.3 Å². The van der Waals surface area contributed by atoms with Crippen molar-refractivity contribution in [3.05, 3.63) is 27.8 Å². The molecule has 0 radical (unpaired) electrons. The summed E-state index contributed by atoms with van der Waals surface area (Å²) in [6.07, 6.45) is 0. The van der Waals surface area contributed by atoms with Gasteiger partial charge in [0.1, 0.15) is 0 Å². The van der Waals surface area contributed by atoms with Crippen LogP contribution in [-0.2, 0) is 0 Å². The quantitative estimate of drug-likeness (QED) is 0.842. The lowest BCUT2D eigenvalue weighted by molar-refractivity contribution is 0.0649. The van der Waals surface area contributed by atoms with Crippen LogP contribution in [0.2, 0.25) is 0 Å². The molecule has 1 rings (SSSR count). The summed E-state index contributed by atoms with van der Waals surface area (Å²) in [5.41, 5.74) is 0.341. The van der Waals surface area contributed by atoms with Crippen molar-refractivity contribution in [2.75, 3.05) is 5.32 Å². The van der Waals surface area contributed by atoms with Crippen LogP contribution in [0.4, 0.5) is 5.69 Å². The van der Waals surface area contributed by atoms with Crippen molar-refractivity contribution in [3.63, 3.8) is 0 Å². The minimum absolute atomic E-state index is 0.0284. The number of aliphatic hydroxyl groups is 1. The van der Waals surface area contributed by atoms with Crippen LogP contribution < -0.4 is 5.32 Å². The molecule has 1 aromatic rings. The third kappa shape index (κ3) is 3.46. The zero-order valence-electron chi connectivity index (χ0n) is 8.71. The Balaban J connectivity index is 2.70. The minimum Gasteiger partial charge on any atom is -0.388 e. The highest BCUT2D eigenvalue weighted by atomic mass is 127. The molecule has 0 aliphatic heterocycles. The normalized spacial score (nSPS) is 13.8. The first-order valence-corrected chi connectivity index (χ1v) is 5.72. The van der Waals surface area contributed by atoms with Gasteiger partial charge in [-0.15, -0.1) is 0 Å². The van der Waals surface area contributed by atoms with Crippen molar-refractivity contribution in [3.8, 4) is 0 Å². The van der Waals surface area contributed by atoms with Gasteiger partial charge >= 0.3 is 0 Å². The molecular weight excluding hydrogens is 289 g/mol. The van der Waals surface area contributed by atoms with E-state index < -0.39 is 5.60 Å². The Bertz CT molecular complexity index is 306. The van der Waals surface area contributed by atoms with E-state index in [-0.39, 0.29) is 6.04 Å². The summed E-state index contributed by atoms with van der Waals surface area (Å²) in [4.78, 5) is 0. The smallest absolute Gasteiger partial charge is 0.0789 e. The molecule has 0 amide bonds. The van der Waals surface area contributed by atoms with E-state index >= 15 is 0 Å². The molecule has 0 aliphatic carbocycles. The summed E-state index contributed by atoms with van der Waals surface area (Å²) in [6, 6.07) is 8.13. The first-order valence-electron chi connectivity index (χ1n) is 4.64. The fraction of sp³-hybridized carbons (Fsp3) is 0.455. The van der Waals surface area contributed by atoms with Crippen LogP contribution in [0.1, 0.15) is 20.8 Å². The zero-order chi connectivity index (χ0) is 10.8. The van der Waals surface area contributed by atoms with Gasteiger partial charge in [0.05, 0.1) is 11.6 Å². The molecule has 2 nitrogen and oxygen atoms in total. The van der Waals surface area contributed by atoms with E-state index in [9.17, 15) is 5.11 Å². The van der Waals surface area contributed by atoms with Crippen LogP contribution in [-0.4, -0.2) is 16.7 Å². The maximum Gasteiger partial charge on any atom is 0.0789 e. The van der Waals surface area contributed by atoms with Gasteiger partial charge in [0.15, 0.2) is 0 Å². The molecule has 0 fully saturated rings. The molecule has 1 unspecified atom stereocenters. The number of rotatable bonds is 3. The maximum absolute atomic E-state index is 9.75. The molecule has 2 N–H and O–H groups in total. The summed E-state index contributed by atoms with van der Waals surface area (Å²) in [6.45, 7) is 5.58. The highest BCUT2D eigenvalue weighted by Gasteiger charge is 2.21. The monoisotopic (exact) mass is 305 g/mol. The average Bonchev–Trinajstić information content (AvgIpc) is 2.02. The predicted molar refractivity (Wildman–Crippen MR) is 68.5 cm³/mol. The summed E-state index contributed by atoms with van der Waals surface area (Å²) >= 11 is 2.27. The molecule has 0 saturated heterocycles. The zero-order valence-corrected chi connectivity index (χ0v) is 10.9. The molecule has 3 heteroatoms. The molecule has 14 heavy (non-hydrogen) atoms. The second kappa shape index (κ2) is 4.49. The molecule has 0 aliphatic rings. The minimum atomic E-state index is -0.707. The van der Waals surface area contributed by atoms with Gasteiger partial charge in [-0.1, -0.05) is 6.07 Å². The molecular formula is C11H16INO. The number of hydrogen-bond donors (Lipinski definition) is 2. The lowest BCUT2D eigenvalue weighted by atomic mass is 10.0. The Morgan fingerprint density at radius 1 is 1.43 bits per heavy atom. The van der Waals surface area contributed by atoms with E-state index in [4.69, 9.17) is 0 Å². The van der Waals surface area contributed by atoms with Gasteiger partial charge in [0, 0.05) is 9.26 Å². The van der Waals surface area contributed by atoms with Crippen molar-refractivity contribution in [2.24, 2.45) is 0 Å². The maximum atomic E-state index is 9.75. The van der Waals surface area contributed by atoms with E-state index in [1.807, 2.05) is 25.1 Å². The molecule has 1 aromatic carbocycles. The number of anilines is 1. The Labute approximate surface area is 98.9 Å². The molecule has 1 atom stereocenters. The highest BCUT2D eigenvalue weighted by molar-refractivity contribution is 14.1. The second-order valence-corrected chi connectivity index (χ2v) is 5.28. The molecule has 78 valence electrons. The van der Waals surface area contributed by atoms with E-state index in [1.54, 1.807) is 13.8 Å². The third-order valence-electron chi connectivity index (χ3n) is 2.27. The van der Waals surface area contributed by atoms with E-state index in [0.29, 0.717) is 0 Å². The number of hydrogen-bond acceptors (Lipinski definition) is 2. The number of benzene rings is 1. The van der Waals surface area contributed by atoms with Crippen molar-refractivity contribution in [2.45, 2.75) is 32.4 Å². The van der Waals surface area contributed by atoms with Gasteiger partial charge in [-0.25, -0.2) is 0 Å². The molecule has 0 bridgehead atoms. The van der Waals surface area contributed by atoms with Gasteiger partial charge in [-0.3, -0.25) is 0 Å². The lowest BCUT2D eigenvalue weighted by Gasteiger charge is -2.27. The molecule has 0 heterocycles. The Morgan fingerprint density at radius 3 is 2.57 bits per heavy atom. The second-order valence-electron chi connectivity index (χ2n) is 4.03. The summed E-state index contributed by atoms with van der Waals surface area (Å²) < 4.78 is 1.19. The van der Waals surface area contributed by atoms with Gasteiger partial charge in [0.2, 0.25) is 0 Å². The van der Waals surface area contributed by atoms with E-state index in [0.717, 1.165) is 5.69 Å². The van der Waals surface area contributed by atoms with Crippen molar-refractivity contribution < 1.29 is 5.11 Å². The summed E-state index contributed by atoms with van der Waals surface area (Å²) in [7, 11) is 0. The van der Waals surface area contributed by atoms with Crippen LogP contribution in [0.15, 0.2) is 24.3 Å². The van der Waals surface area contributed by atoms with E-state index in [2.05, 4.69) is 34.0 Å². The Hall–Kier alpha value is -0.290. The third-order valence-corrected chi connectivity index (χ3v) is 2.94. The molecule has 0 saturated carbocycles. The molecule has 0 spiro atoms. The Kier molecular flexibility index (Phi) is 3.78. The van der Waals surface area contributed by atoms with E-state index in [1.165, 1.54) is 3.57 Å². The Morgan fingerprint density at radius 2 is 2.07 bits per heavy atom. The van der Waals surface area contributed by atoms with Crippen molar-refractivity contribution >= 4 is 28.3 Å². The fourth-order valence-electron chi connectivity index (χ4n) is 1.00. The summed E-state index contributed by atoms with van der Waals surface area (Å²) in [5, 5.41) is 13.0. The highest BCUT2D eigenvalue weighted by Crippen LogP contribution is 2.17. The van der Waals surface area contributed by atoms with Gasteiger partial charge in [-0.2, -0.15) is 0 Å². The van der Waals surface area contributed by atoms with Gasteiger partial charge < -0.3 is 10.4 Å². The van der Waals surface area contributed by atoms with Crippen LogP contribution >= 0.6 is 22.6 Å². The largest absolute Gasteiger partial charge is 0.388 e. The average molecular weight is 305 g/mol.